The Kier molecular flexibility index (Phi) is 10.7. The third-order valence-electron chi connectivity index (χ3n) is 21.6. The van der Waals surface area contributed by atoms with E-state index in [-0.39, 0.29) is 5.41 Å². The number of fused-ring (bicyclic) bond motifs is 16. The highest BCUT2D eigenvalue weighted by Crippen LogP contribution is 2.71. The summed E-state index contributed by atoms with van der Waals surface area (Å²) in [5.74, 6) is 2.68. The third kappa shape index (κ3) is 7.08. The van der Waals surface area contributed by atoms with Crippen molar-refractivity contribution in [3.05, 3.63) is 265 Å². The Morgan fingerprint density at radius 1 is 0.356 bits per heavy atom. The average molecular weight is 1180 g/mol. The maximum Gasteiger partial charge on any atom is 0.140 e. The maximum absolute atomic E-state index is 7.69. The van der Waals surface area contributed by atoms with Crippen LogP contribution in [0.15, 0.2) is 256 Å². The van der Waals surface area contributed by atoms with Gasteiger partial charge < -0.3 is 23.1 Å². The summed E-state index contributed by atoms with van der Waals surface area (Å²) in [6, 6.07) is 89.7. The molecule has 4 bridgehead atoms. The van der Waals surface area contributed by atoms with Crippen LogP contribution in [0.25, 0.3) is 119 Å². The molecule has 0 N–H and O–H groups in total. The Labute approximate surface area is 524 Å². The van der Waals surface area contributed by atoms with Gasteiger partial charge in [-0.15, -0.1) is 11.3 Å². The van der Waals surface area contributed by atoms with Crippen LogP contribution in [0.5, 0.6) is 0 Å². The molecule has 4 heterocycles. The SMILES string of the molecule is Cc1cccc2c1oc1cccc(N(c3ccc4c(c3)oc3c5c(ccc34)-c3cc4c(cc3C53C5CC6CC(C5)CC3C6)sc3cc(N(c5ccccc5-c5ccccc5)c5cccc6oc7c(C)cccc7c56)ccc34)c3ccccc3-c3ccccc3)c12. The molecule has 12 aromatic carbocycles. The molecule has 0 radical (unpaired) electrons. The summed E-state index contributed by atoms with van der Waals surface area (Å²) in [6.45, 7) is 4.28. The zero-order chi connectivity index (χ0) is 59.1. The number of para-hydroxylation sites is 4. The topological polar surface area (TPSA) is 45.9 Å². The monoisotopic (exact) mass is 1180 g/mol. The second-order valence-electron chi connectivity index (χ2n) is 26.3. The molecule has 16 aromatic rings. The van der Waals surface area contributed by atoms with Crippen molar-refractivity contribution < 1.29 is 13.3 Å². The summed E-state index contributed by atoms with van der Waals surface area (Å²) in [7, 11) is 0. The van der Waals surface area contributed by atoms with Gasteiger partial charge in [0.05, 0.1) is 33.5 Å². The molecule has 0 saturated heterocycles. The van der Waals surface area contributed by atoms with Crippen LogP contribution in [0.1, 0.15) is 54.4 Å². The lowest BCUT2D eigenvalue weighted by molar-refractivity contribution is -0.0396. The highest BCUT2D eigenvalue weighted by atomic mass is 32.1. The van der Waals surface area contributed by atoms with E-state index in [1.54, 1.807) is 0 Å². The Morgan fingerprint density at radius 3 is 1.46 bits per heavy atom. The number of furan rings is 3. The lowest BCUT2D eigenvalue weighted by atomic mass is 9.43. The van der Waals surface area contributed by atoms with Crippen molar-refractivity contribution in [3.63, 3.8) is 0 Å². The van der Waals surface area contributed by atoms with Gasteiger partial charge in [-0.05, 0) is 187 Å². The molecule has 4 fully saturated rings. The van der Waals surface area contributed by atoms with Crippen LogP contribution in [-0.2, 0) is 5.41 Å². The van der Waals surface area contributed by atoms with Crippen molar-refractivity contribution in [3.8, 4) is 33.4 Å². The van der Waals surface area contributed by atoms with E-state index in [4.69, 9.17) is 13.3 Å². The van der Waals surface area contributed by atoms with Crippen molar-refractivity contribution in [2.75, 3.05) is 9.80 Å². The first kappa shape index (κ1) is 50.8. The number of rotatable bonds is 8. The van der Waals surface area contributed by atoms with E-state index in [9.17, 15) is 0 Å². The molecule has 6 heteroatoms. The van der Waals surface area contributed by atoms with Gasteiger partial charge in [-0.2, -0.15) is 0 Å². The number of hydrogen-bond acceptors (Lipinski definition) is 6. The van der Waals surface area contributed by atoms with Crippen molar-refractivity contribution in [2.24, 2.45) is 23.7 Å². The Morgan fingerprint density at radius 2 is 0.856 bits per heavy atom. The molecule has 5 nitrogen and oxygen atoms in total. The Bertz CT molecular complexity index is 5660. The molecule has 0 unspecified atom stereocenters. The molecule has 21 rings (SSSR count). The minimum atomic E-state index is -0.150. The molecule has 0 atom stereocenters. The second-order valence-corrected chi connectivity index (χ2v) is 27.4. The summed E-state index contributed by atoms with van der Waals surface area (Å²) in [6.07, 6.45) is 6.51. The van der Waals surface area contributed by atoms with E-state index >= 15 is 0 Å². The van der Waals surface area contributed by atoms with Gasteiger partial charge in [-0.25, -0.2) is 0 Å². The van der Waals surface area contributed by atoms with Gasteiger partial charge in [0.25, 0.3) is 0 Å². The van der Waals surface area contributed by atoms with Crippen molar-refractivity contribution in [1.29, 1.82) is 0 Å². The van der Waals surface area contributed by atoms with E-state index in [1.165, 1.54) is 91.0 Å². The molecule has 430 valence electrons. The molecule has 0 aliphatic heterocycles. The van der Waals surface area contributed by atoms with Crippen LogP contribution in [0.2, 0.25) is 0 Å². The average Bonchev–Trinajstić information content (AvgIpc) is 1.54. The first-order chi connectivity index (χ1) is 44.4. The van der Waals surface area contributed by atoms with Crippen LogP contribution in [-0.4, -0.2) is 0 Å². The predicted molar refractivity (Wildman–Crippen MR) is 374 cm³/mol. The standard InChI is InChI=1S/C84H60N2O3S/c1-48-17-13-25-64-78-71(29-15-31-73(78)87-81(48)64)85(69-27-11-9-23-58(69)52-19-5-3-6-20-52)56-33-35-60-63-38-37-62-66-46-67-61-36-34-57(45-76(61)90-77(67)47-68(66)84(80(62)83(63)89-75(60)44-56)54-40-50-39-51(42-54)43-55(84)41-50)86(70-28-12-10-24-59(70)53-21-7-4-8-22-53)72-30-16-32-74-79(72)65-26-14-18-49(2)82(65)88-74/h3-38,44-47,50-51,54-55H,39-43H2,1-2H3. The molecule has 5 aliphatic rings. The van der Waals surface area contributed by atoms with E-state index in [1.807, 2.05) is 11.3 Å². The fraction of sp³-hybridized carbons (Fsp3) is 0.143. The maximum atomic E-state index is 7.69. The predicted octanol–water partition coefficient (Wildman–Crippen LogP) is 24.4. The number of nitrogens with zero attached hydrogens (tertiary/aromatic N) is 2. The molecule has 4 aromatic heterocycles. The quantitative estimate of drug-likeness (QED) is 0.152. The number of benzene rings is 12. The third-order valence-corrected chi connectivity index (χ3v) is 22.8. The van der Waals surface area contributed by atoms with Gasteiger partial charge >= 0.3 is 0 Å². The van der Waals surface area contributed by atoms with Crippen molar-refractivity contribution >= 4 is 131 Å². The molecule has 0 amide bonds. The van der Waals surface area contributed by atoms with E-state index in [0.717, 1.165) is 129 Å². The van der Waals surface area contributed by atoms with Crippen LogP contribution < -0.4 is 9.80 Å². The molecule has 5 aliphatic carbocycles. The van der Waals surface area contributed by atoms with Gasteiger partial charge in [0.2, 0.25) is 0 Å². The van der Waals surface area contributed by atoms with Crippen LogP contribution in [0, 0.1) is 37.5 Å². The van der Waals surface area contributed by atoms with Gasteiger partial charge in [0.15, 0.2) is 0 Å². The van der Waals surface area contributed by atoms with Crippen LogP contribution in [0.3, 0.4) is 0 Å². The molecule has 90 heavy (non-hydrogen) atoms. The Hall–Kier alpha value is -10.1. The molecule has 4 saturated carbocycles. The summed E-state index contributed by atoms with van der Waals surface area (Å²) >= 11 is 1.95. The normalized spacial score (nSPS) is 19.0. The zero-order valence-electron chi connectivity index (χ0n) is 50.0. The first-order valence-corrected chi connectivity index (χ1v) is 32.9. The van der Waals surface area contributed by atoms with Crippen LogP contribution >= 0.6 is 11.3 Å². The van der Waals surface area contributed by atoms with E-state index in [0.29, 0.717) is 11.8 Å². The lowest BCUT2D eigenvalue weighted by Crippen LogP contribution is -2.55. The van der Waals surface area contributed by atoms with Gasteiger partial charge in [0.1, 0.15) is 33.5 Å². The highest BCUT2D eigenvalue weighted by molar-refractivity contribution is 7.25. The molecule has 1 spiro atoms. The second kappa shape index (κ2) is 18.9. The van der Waals surface area contributed by atoms with Gasteiger partial charge in [-0.3, -0.25) is 0 Å². The first-order valence-electron chi connectivity index (χ1n) is 32.1. The van der Waals surface area contributed by atoms with E-state index < -0.39 is 0 Å². The largest absolute Gasteiger partial charge is 0.456 e. The van der Waals surface area contributed by atoms with Gasteiger partial charge in [-0.1, -0.05) is 158 Å². The van der Waals surface area contributed by atoms with E-state index in [2.05, 4.69) is 266 Å². The molecular formula is C84H60N2O3S. The highest BCUT2D eigenvalue weighted by Gasteiger charge is 2.62. The smallest absolute Gasteiger partial charge is 0.140 e. The summed E-state index contributed by atoms with van der Waals surface area (Å²) in [5.41, 5.74) is 24.6. The number of hydrogen-bond donors (Lipinski definition) is 0. The fourth-order valence-electron chi connectivity index (χ4n) is 18.2. The Balaban J connectivity index is 0.779. The van der Waals surface area contributed by atoms with Crippen molar-refractivity contribution in [1.82, 2.24) is 0 Å². The zero-order valence-corrected chi connectivity index (χ0v) is 50.8. The number of thiophene rings is 1. The molecular weight excluding hydrogens is 1120 g/mol. The van der Waals surface area contributed by atoms with Crippen LogP contribution in [0.4, 0.5) is 34.1 Å². The summed E-state index contributed by atoms with van der Waals surface area (Å²) < 4.78 is 23.7. The lowest BCUT2D eigenvalue weighted by Gasteiger charge is -2.61. The summed E-state index contributed by atoms with van der Waals surface area (Å²) in [5, 5.41) is 9.41. The minimum absolute atomic E-state index is 0.150. The minimum Gasteiger partial charge on any atom is -0.456 e. The van der Waals surface area contributed by atoms with Gasteiger partial charge in [0, 0.05) is 81.3 Å². The fourth-order valence-corrected chi connectivity index (χ4v) is 19.4. The number of anilines is 6. The number of aryl methyl sites for hydroxylation is 2. The van der Waals surface area contributed by atoms with Crippen molar-refractivity contribution in [2.45, 2.75) is 51.4 Å². The summed E-state index contributed by atoms with van der Waals surface area (Å²) in [4.78, 5) is 4.92.